The molecule has 7 nitrogen and oxygen atoms in total. The molecule has 0 unspecified atom stereocenters. The first-order chi connectivity index (χ1) is 15.8. The van der Waals surface area contributed by atoms with Gasteiger partial charge in [-0.3, -0.25) is 9.59 Å². The second-order valence-electron chi connectivity index (χ2n) is 8.49. The Balaban J connectivity index is 1.80. The highest BCUT2D eigenvalue weighted by atomic mass is 32.2. The van der Waals surface area contributed by atoms with Crippen LogP contribution in [0.25, 0.3) is 0 Å². The van der Waals surface area contributed by atoms with E-state index in [2.05, 4.69) is 29.2 Å². The number of anilines is 1. The number of sulfonamides is 1. The molecule has 2 aromatic carbocycles. The summed E-state index contributed by atoms with van der Waals surface area (Å²) in [5.41, 5.74) is 1.96. The largest absolute Gasteiger partial charge is 0.354 e. The van der Waals surface area contributed by atoms with Crippen molar-refractivity contribution in [3.05, 3.63) is 59.7 Å². The zero-order valence-electron chi connectivity index (χ0n) is 19.3. The van der Waals surface area contributed by atoms with Crippen LogP contribution in [0.2, 0.25) is 0 Å². The van der Waals surface area contributed by atoms with Gasteiger partial charge >= 0.3 is 0 Å². The van der Waals surface area contributed by atoms with E-state index in [1.54, 1.807) is 36.4 Å². The summed E-state index contributed by atoms with van der Waals surface area (Å²) in [6.07, 6.45) is 4.97. The fourth-order valence-electron chi connectivity index (χ4n) is 3.96. The van der Waals surface area contributed by atoms with Crippen molar-refractivity contribution in [1.29, 1.82) is 0 Å². The van der Waals surface area contributed by atoms with Crippen LogP contribution in [0.3, 0.4) is 0 Å². The van der Waals surface area contributed by atoms with E-state index in [9.17, 15) is 18.0 Å². The third-order valence-corrected chi connectivity index (χ3v) is 7.48. The van der Waals surface area contributed by atoms with Crippen LogP contribution in [0, 0.1) is 5.92 Å². The molecule has 1 aliphatic heterocycles. The van der Waals surface area contributed by atoms with Gasteiger partial charge in [0.2, 0.25) is 21.8 Å². The van der Waals surface area contributed by atoms with Gasteiger partial charge in [0.1, 0.15) is 6.04 Å². The summed E-state index contributed by atoms with van der Waals surface area (Å²) in [6, 6.07) is 12.4. The highest BCUT2D eigenvalue weighted by Gasteiger charge is 2.28. The lowest BCUT2D eigenvalue weighted by molar-refractivity contribution is -0.123. The number of carbonyl (C=O) groups is 2. The molecule has 3 N–H and O–H groups in total. The Morgan fingerprint density at radius 2 is 1.85 bits per heavy atom. The maximum atomic E-state index is 13.2. The molecular weight excluding hydrogens is 438 g/mol. The number of benzene rings is 2. The van der Waals surface area contributed by atoms with Gasteiger partial charge in [0.25, 0.3) is 0 Å². The van der Waals surface area contributed by atoms with E-state index >= 15 is 0 Å². The number of rotatable bonds is 11. The molecule has 0 aliphatic carbocycles. The molecule has 178 valence electrons. The minimum atomic E-state index is -3.98. The number of hydrogen-bond donors (Lipinski definition) is 3. The number of amides is 2. The Kier molecular flexibility index (Phi) is 8.63. The van der Waals surface area contributed by atoms with E-state index in [1.807, 2.05) is 6.07 Å². The summed E-state index contributed by atoms with van der Waals surface area (Å²) in [5.74, 6) is -0.0934. The fourth-order valence-corrected chi connectivity index (χ4v) is 5.19. The van der Waals surface area contributed by atoms with E-state index in [0.29, 0.717) is 36.6 Å². The molecule has 0 saturated heterocycles. The van der Waals surface area contributed by atoms with E-state index in [-0.39, 0.29) is 16.7 Å². The molecule has 33 heavy (non-hydrogen) atoms. The average Bonchev–Trinajstić information content (AvgIpc) is 2.82. The summed E-state index contributed by atoms with van der Waals surface area (Å²) in [5, 5.41) is 5.71. The summed E-state index contributed by atoms with van der Waals surface area (Å²) in [7, 11) is -3.98. The van der Waals surface area contributed by atoms with Crippen LogP contribution in [0.5, 0.6) is 0 Å². The van der Waals surface area contributed by atoms with Crippen LogP contribution in [0.15, 0.2) is 53.4 Å². The summed E-state index contributed by atoms with van der Waals surface area (Å²) >= 11 is 0. The number of aryl methyl sites for hydroxylation is 1. The van der Waals surface area contributed by atoms with Gasteiger partial charge in [0.15, 0.2) is 0 Å². The Morgan fingerprint density at radius 1 is 1.09 bits per heavy atom. The Hall–Kier alpha value is -2.71. The Bertz CT molecular complexity index is 1070. The first-order valence-electron chi connectivity index (χ1n) is 11.6. The topological polar surface area (TPSA) is 104 Å². The predicted octanol–water partition coefficient (Wildman–Crippen LogP) is 3.92. The molecule has 0 spiro atoms. The molecule has 0 radical (unpaired) electrons. The molecule has 8 heteroatoms. The number of carbonyl (C=O) groups excluding carboxylic acids is 2. The summed E-state index contributed by atoms with van der Waals surface area (Å²) in [4.78, 5) is 24.8. The van der Waals surface area contributed by atoms with Crippen molar-refractivity contribution in [2.75, 3.05) is 11.9 Å². The SMILES string of the molecule is CCCC[C@@H](CC)CNC(=O)[C@@H](NS(=O)(=O)c1ccc2c(c1)CCC(=O)N2)c1ccccc1. The minimum Gasteiger partial charge on any atom is -0.354 e. The zero-order chi connectivity index (χ0) is 23.8. The predicted molar refractivity (Wildman–Crippen MR) is 129 cm³/mol. The lowest BCUT2D eigenvalue weighted by Gasteiger charge is -2.22. The maximum absolute atomic E-state index is 13.2. The number of fused-ring (bicyclic) bond motifs is 1. The third kappa shape index (κ3) is 6.65. The van der Waals surface area contributed by atoms with Crippen molar-refractivity contribution in [2.24, 2.45) is 5.92 Å². The second kappa shape index (κ2) is 11.4. The smallest absolute Gasteiger partial charge is 0.242 e. The van der Waals surface area contributed by atoms with Crippen LogP contribution >= 0.6 is 0 Å². The molecule has 2 atom stereocenters. The molecule has 0 fully saturated rings. The number of nitrogens with one attached hydrogen (secondary N) is 3. The lowest BCUT2D eigenvalue weighted by Crippen LogP contribution is -2.41. The van der Waals surface area contributed by atoms with Crippen molar-refractivity contribution in [2.45, 2.75) is 63.3 Å². The van der Waals surface area contributed by atoms with Gasteiger partial charge in [-0.15, -0.1) is 0 Å². The van der Waals surface area contributed by atoms with Crippen LogP contribution in [-0.2, 0) is 26.0 Å². The summed E-state index contributed by atoms with van der Waals surface area (Å²) < 4.78 is 29.1. The van der Waals surface area contributed by atoms with Crippen LogP contribution in [0.1, 0.15) is 63.1 Å². The van der Waals surface area contributed by atoms with Crippen molar-refractivity contribution < 1.29 is 18.0 Å². The van der Waals surface area contributed by atoms with Gasteiger partial charge in [0, 0.05) is 18.7 Å². The van der Waals surface area contributed by atoms with Gasteiger partial charge in [-0.25, -0.2) is 8.42 Å². The van der Waals surface area contributed by atoms with Crippen molar-refractivity contribution in [3.63, 3.8) is 0 Å². The maximum Gasteiger partial charge on any atom is 0.242 e. The van der Waals surface area contributed by atoms with Gasteiger partial charge in [-0.05, 0) is 48.1 Å². The monoisotopic (exact) mass is 471 g/mol. The van der Waals surface area contributed by atoms with E-state index < -0.39 is 16.1 Å². The normalized spacial score (nSPS) is 15.3. The molecule has 3 rings (SSSR count). The quantitative estimate of drug-likeness (QED) is 0.462. The van der Waals surface area contributed by atoms with E-state index in [1.165, 1.54) is 6.07 Å². The first-order valence-corrected chi connectivity index (χ1v) is 13.1. The molecule has 2 amide bonds. The standard InChI is InChI=1S/C25H33N3O4S/c1-3-5-9-18(4-2)17-26-25(30)24(19-10-7-6-8-11-19)28-33(31,32)21-13-14-22-20(16-21)12-15-23(29)27-22/h6-8,10-11,13-14,16,18,24,28H,3-5,9,12,15,17H2,1-2H3,(H,26,30)(H,27,29)/t18-,24+/m1/s1. The molecule has 1 aliphatic rings. The van der Waals surface area contributed by atoms with Crippen LogP contribution < -0.4 is 15.4 Å². The van der Waals surface area contributed by atoms with Crippen LogP contribution in [-0.4, -0.2) is 26.8 Å². The zero-order valence-corrected chi connectivity index (χ0v) is 20.1. The fraction of sp³-hybridized carbons (Fsp3) is 0.440. The molecular formula is C25H33N3O4S. The van der Waals surface area contributed by atoms with E-state index in [4.69, 9.17) is 0 Å². The van der Waals surface area contributed by atoms with E-state index in [0.717, 1.165) is 31.2 Å². The average molecular weight is 472 g/mol. The van der Waals surface area contributed by atoms with Crippen molar-refractivity contribution in [3.8, 4) is 0 Å². The molecule has 1 heterocycles. The highest BCUT2D eigenvalue weighted by Crippen LogP contribution is 2.26. The number of hydrogen-bond acceptors (Lipinski definition) is 4. The molecule has 2 aromatic rings. The van der Waals surface area contributed by atoms with Gasteiger partial charge < -0.3 is 10.6 Å². The third-order valence-electron chi connectivity index (χ3n) is 6.06. The Labute approximate surface area is 196 Å². The van der Waals surface area contributed by atoms with Crippen molar-refractivity contribution >= 4 is 27.5 Å². The minimum absolute atomic E-state index is 0.0699. The van der Waals surface area contributed by atoms with Crippen LogP contribution in [0.4, 0.5) is 5.69 Å². The van der Waals surface area contributed by atoms with Gasteiger partial charge in [-0.2, -0.15) is 4.72 Å². The van der Waals surface area contributed by atoms with Gasteiger partial charge in [-0.1, -0.05) is 63.4 Å². The molecule has 0 aromatic heterocycles. The lowest BCUT2D eigenvalue weighted by atomic mass is 9.99. The second-order valence-corrected chi connectivity index (χ2v) is 10.2. The van der Waals surface area contributed by atoms with Crippen molar-refractivity contribution in [1.82, 2.24) is 10.0 Å². The molecule has 0 bridgehead atoms. The number of unbranched alkanes of at least 4 members (excludes halogenated alkanes) is 1. The first kappa shape index (κ1) is 24.9. The molecule has 0 saturated carbocycles. The summed E-state index contributed by atoms with van der Waals surface area (Å²) in [6.45, 7) is 4.75. The highest BCUT2D eigenvalue weighted by molar-refractivity contribution is 7.89. The Morgan fingerprint density at radius 3 is 2.55 bits per heavy atom. The van der Waals surface area contributed by atoms with Gasteiger partial charge in [0.05, 0.1) is 4.90 Å².